The van der Waals surface area contributed by atoms with E-state index in [0.717, 1.165) is 0 Å². The van der Waals surface area contributed by atoms with Crippen LogP contribution in [-0.4, -0.2) is 44.3 Å². The molecule has 0 spiro atoms. The summed E-state index contributed by atoms with van der Waals surface area (Å²) in [6.07, 6.45) is 0. The van der Waals surface area contributed by atoms with E-state index in [9.17, 15) is 39.6 Å². The molecule has 1 aliphatic rings. The van der Waals surface area contributed by atoms with Crippen molar-refractivity contribution in [1.29, 1.82) is 0 Å². The second-order valence-corrected chi connectivity index (χ2v) is 9.05. The van der Waals surface area contributed by atoms with E-state index in [1.54, 1.807) is 0 Å². The Labute approximate surface area is 194 Å². The number of benzene rings is 2. The quantitative estimate of drug-likeness (QED) is 0.331. The molecule has 2 aromatic carbocycles. The zero-order valence-corrected chi connectivity index (χ0v) is 18.4. The topological polar surface area (TPSA) is 149 Å². The predicted octanol–water partition coefficient (Wildman–Crippen LogP) is 5.71. The summed E-state index contributed by atoms with van der Waals surface area (Å²) in [4.78, 5) is 46.5. The Balaban J connectivity index is 2.42. The molecule has 0 amide bonds. The fraction of sp³-hybridized carbons (Fsp3) is 0. The monoisotopic (exact) mass is 528 g/mol. The second-order valence-electron chi connectivity index (χ2n) is 5.50. The molecule has 14 heteroatoms. The normalized spacial score (nSPS) is 12.1. The van der Waals surface area contributed by atoms with Gasteiger partial charge in [0.15, 0.2) is 0 Å². The average molecular weight is 530 g/mol. The first kappa shape index (κ1) is 22.9. The highest BCUT2D eigenvalue weighted by molar-refractivity contribution is 8.05. The Morgan fingerprint density at radius 2 is 0.633 bits per heavy atom. The molecule has 0 bridgehead atoms. The predicted molar refractivity (Wildman–Crippen MR) is 109 cm³/mol. The molecule has 0 fully saturated rings. The largest absolute Gasteiger partial charge is 0.478 e. The van der Waals surface area contributed by atoms with Gasteiger partial charge in [-0.1, -0.05) is 69.9 Å². The minimum absolute atomic E-state index is 0.0129. The lowest BCUT2D eigenvalue weighted by Crippen LogP contribution is -2.14. The maximum absolute atomic E-state index is 11.6. The molecule has 1 aliphatic heterocycles. The molecule has 1 heterocycles. The van der Waals surface area contributed by atoms with Crippen molar-refractivity contribution in [2.24, 2.45) is 0 Å². The van der Waals surface area contributed by atoms with Gasteiger partial charge in [0.05, 0.1) is 42.3 Å². The molecule has 0 aromatic heterocycles. The number of hydrogen-bond acceptors (Lipinski definition) is 6. The van der Waals surface area contributed by atoms with Crippen LogP contribution in [0.4, 0.5) is 0 Å². The Hall–Kier alpha value is -1.82. The van der Waals surface area contributed by atoms with Gasteiger partial charge in [-0.05, 0) is 0 Å². The molecule has 156 valence electrons. The number of carboxylic acids is 4. The van der Waals surface area contributed by atoms with Crippen LogP contribution in [0.25, 0.3) is 0 Å². The van der Waals surface area contributed by atoms with Crippen LogP contribution in [0.15, 0.2) is 19.6 Å². The highest BCUT2D eigenvalue weighted by Crippen LogP contribution is 2.59. The lowest BCUT2D eigenvalue weighted by Gasteiger charge is -2.25. The van der Waals surface area contributed by atoms with E-state index in [-0.39, 0.29) is 19.6 Å². The lowest BCUT2D eigenvalue weighted by atomic mass is 10.1. The molecule has 2 aromatic rings. The Bertz CT molecular complexity index is 1030. The minimum Gasteiger partial charge on any atom is -0.478 e. The zero-order valence-electron chi connectivity index (χ0n) is 13.8. The lowest BCUT2D eigenvalue weighted by molar-refractivity contribution is 0.0651. The van der Waals surface area contributed by atoms with Gasteiger partial charge >= 0.3 is 23.9 Å². The van der Waals surface area contributed by atoms with Crippen molar-refractivity contribution in [3.8, 4) is 0 Å². The molecule has 30 heavy (non-hydrogen) atoms. The van der Waals surface area contributed by atoms with Gasteiger partial charge in [0, 0.05) is 19.6 Å². The van der Waals surface area contributed by atoms with Crippen molar-refractivity contribution >= 4 is 93.8 Å². The van der Waals surface area contributed by atoms with Gasteiger partial charge in [-0.3, -0.25) is 0 Å². The van der Waals surface area contributed by atoms with Crippen LogP contribution >= 0.6 is 69.9 Å². The van der Waals surface area contributed by atoms with E-state index in [4.69, 9.17) is 46.4 Å². The van der Waals surface area contributed by atoms with Crippen molar-refractivity contribution in [3.05, 3.63) is 42.3 Å². The van der Waals surface area contributed by atoms with Crippen LogP contribution < -0.4 is 0 Å². The van der Waals surface area contributed by atoms with Crippen LogP contribution in [0.5, 0.6) is 0 Å². The van der Waals surface area contributed by atoms with E-state index in [0.29, 0.717) is 23.5 Å². The van der Waals surface area contributed by atoms with Gasteiger partial charge in [0.1, 0.15) is 0 Å². The molecule has 8 nitrogen and oxygen atoms in total. The van der Waals surface area contributed by atoms with E-state index in [1.165, 1.54) is 0 Å². The fourth-order valence-electron chi connectivity index (χ4n) is 2.66. The van der Waals surface area contributed by atoms with Gasteiger partial charge in [-0.25, -0.2) is 19.2 Å². The van der Waals surface area contributed by atoms with Crippen molar-refractivity contribution in [3.63, 3.8) is 0 Å². The Kier molecular flexibility index (Phi) is 6.11. The van der Waals surface area contributed by atoms with Gasteiger partial charge in [-0.2, -0.15) is 0 Å². The van der Waals surface area contributed by atoms with Gasteiger partial charge in [-0.15, -0.1) is 0 Å². The van der Waals surface area contributed by atoms with Crippen molar-refractivity contribution in [2.75, 3.05) is 0 Å². The third-order valence-electron chi connectivity index (χ3n) is 3.85. The van der Waals surface area contributed by atoms with Crippen molar-refractivity contribution in [1.82, 2.24) is 0 Å². The third kappa shape index (κ3) is 3.37. The summed E-state index contributed by atoms with van der Waals surface area (Å²) in [5.74, 6) is -6.57. The number of carbonyl (C=O) groups is 4. The summed E-state index contributed by atoms with van der Waals surface area (Å²) < 4.78 is 0. The maximum atomic E-state index is 11.6. The third-order valence-corrected chi connectivity index (χ3v) is 8.52. The molecule has 0 aliphatic carbocycles. The molecule has 4 N–H and O–H groups in total. The zero-order chi connectivity index (χ0) is 22.7. The second kappa shape index (κ2) is 8.03. The highest BCUT2D eigenvalue weighted by Gasteiger charge is 2.37. The van der Waals surface area contributed by atoms with E-state index in [1.807, 2.05) is 0 Å². The number of halogens is 4. The number of carboxylic acid groups (broad SMARTS) is 4. The highest BCUT2D eigenvalue weighted by atomic mass is 35.5. The Morgan fingerprint density at radius 3 is 0.767 bits per heavy atom. The molecule has 0 saturated heterocycles. The maximum Gasteiger partial charge on any atom is 0.338 e. The summed E-state index contributed by atoms with van der Waals surface area (Å²) in [7, 11) is 0. The number of hydrogen-bond donors (Lipinski definition) is 4. The van der Waals surface area contributed by atoms with Crippen LogP contribution in [-0.2, 0) is 0 Å². The van der Waals surface area contributed by atoms with Gasteiger partial charge < -0.3 is 20.4 Å². The minimum atomic E-state index is -1.64. The molecular weight excluding hydrogens is 526 g/mol. The van der Waals surface area contributed by atoms with E-state index in [2.05, 4.69) is 0 Å². The first-order valence-electron chi connectivity index (χ1n) is 7.28. The standard InChI is InChI=1S/C16H4Cl4O8S2/c17-5-1(13(21)22)2(14(23)24)6(18)10-9(5)29-11-7(19)3(15(25)26)4(16(27)28)8(20)12(11)30-10/h(H,21,22)(H,23,24)(H,25,26)(H,27,28). The van der Waals surface area contributed by atoms with Crippen molar-refractivity contribution < 1.29 is 39.6 Å². The van der Waals surface area contributed by atoms with Crippen LogP contribution in [0.3, 0.4) is 0 Å². The average Bonchev–Trinajstić information content (AvgIpc) is 2.64. The molecule has 0 atom stereocenters. The van der Waals surface area contributed by atoms with E-state index >= 15 is 0 Å². The fourth-order valence-corrected chi connectivity index (χ4v) is 6.88. The van der Waals surface area contributed by atoms with Gasteiger partial charge in [0.25, 0.3) is 0 Å². The first-order valence-corrected chi connectivity index (χ1v) is 10.4. The number of fused-ring (bicyclic) bond motifs is 2. The van der Waals surface area contributed by atoms with Crippen molar-refractivity contribution in [2.45, 2.75) is 19.6 Å². The molecule has 0 unspecified atom stereocenters. The summed E-state index contributed by atoms with van der Waals surface area (Å²) in [6.45, 7) is 0. The SMILES string of the molecule is O=C(O)c1c(Cl)c2c(c(Cl)c1C(=O)O)Sc1c(Cl)c(C(=O)O)c(C(=O)O)c(Cl)c1S2. The summed E-state index contributed by atoms with van der Waals surface area (Å²) in [5, 5.41) is 35.9. The molecular formula is C16H4Cl4O8S2. The van der Waals surface area contributed by atoms with Crippen LogP contribution in [0, 0.1) is 0 Å². The van der Waals surface area contributed by atoms with E-state index < -0.39 is 66.2 Å². The van der Waals surface area contributed by atoms with Crippen LogP contribution in [0.1, 0.15) is 41.4 Å². The summed E-state index contributed by atoms with van der Waals surface area (Å²) >= 11 is 26.1. The van der Waals surface area contributed by atoms with Gasteiger partial charge in [0.2, 0.25) is 0 Å². The van der Waals surface area contributed by atoms with Crippen LogP contribution in [0.2, 0.25) is 20.1 Å². The number of rotatable bonds is 4. The first-order chi connectivity index (χ1) is 13.9. The molecule has 3 rings (SSSR count). The summed E-state index contributed by atoms with van der Waals surface area (Å²) in [6, 6.07) is 0. The summed E-state index contributed by atoms with van der Waals surface area (Å²) in [5.41, 5.74) is -3.03. The number of aromatic carboxylic acids is 4. The smallest absolute Gasteiger partial charge is 0.338 e. The molecule has 0 radical (unpaired) electrons. The Morgan fingerprint density at radius 1 is 0.467 bits per heavy atom. The molecule has 0 saturated carbocycles.